The van der Waals surface area contributed by atoms with Gasteiger partial charge in [-0.1, -0.05) is 26.8 Å². The van der Waals surface area contributed by atoms with Crippen LogP contribution in [0.5, 0.6) is 5.88 Å². The fourth-order valence-corrected chi connectivity index (χ4v) is 4.85. The number of carbonyl (C=O) groups excluding carboxylic acids is 1. The SMILES string of the molecule is C=CC[C@H](NC(=O)COC)[C@H](O)CNC1CC2(CC(F)(F)C2)Oc2ncc(CC(C)(C)C)cc21. The lowest BCUT2D eigenvalue weighted by atomic mass is 9.70. The van der Waals surface area contributed by atoms with E-state index < -0.39 is 23.7 Å². The summed E-state index contributed by atoms with van der Waals surface area (Å²) in [6.45, 7) is 10.1. The van der Waals surface area contributed by atoms with Crippen molar-refractivity contribution in [3.05, 3.63) is 36.0 Å². The van der Waals surface area contributed by atoms with Crippen LogP contribution in [0.25, 0.3) is 0 Å². The first-order valence-corrected chi connectivity index (χ1v) is 11.7. The summed E-state index contributed by atoms with van der Waals surface area (Å²) in [5, 5.41) is 16.9. The zero-order valence-corrected chi connectivity index (χ0v) is 20.5. The fraction of sp³-hybridized carbons (Fsp3) is 0.680. The number of nitrogens with zero attached hydrogens (tertiary/aromatic N) is 1. The van der Waals surface area contributed by atoms with Gasteiger partial charge in [-0.25, -0.2) is 13.8 Å². The molecule has 1 spiro atoms. The smallest absolute Gasteiger partial charge is 0.255 e. The van der Waals surface area contributed by atoms with Crippen molar-refractivity contribution in [3.63, 3.8) is 0 Å². The quantitative estimate of drug-likeness (QED) is 0.444. The van der Waals surface area contributed by atoms with Crippen LogP contribution in [0.4, 0.5) is 8.78 Å². The van der Waals surface area contributed by atoms with Gasteiger partial charge in [0.1, 0.15) is 12.2 Å². The lowest BCUT2D eigenvalue weighted by Crippen LogP contribution is -2.59. The van der Waals surface area contributed by atoms with Crippen molar-refractivity contribution in [2.24, 2.45) is 5.41 Å². The van der Waals surface area contributed by atoms with E-state index in [1.165, 1.54) is 7.11 Å². The number of ether oxygens (including phenoxy) is 2. The van der Waals surface area contributed by atoms with Gasteiger partial charge in [0.15, 0.2) is 0 Å². The summed E-state index contributed by atoms with van der Waals surface area (Å²) in [4.78, 5) is 16.4. The lowest BCUT2D eigenvalue weighted by molar-refractivity contribution is -0.203. The van der Waals surface area contributed by atoms with Crippen LogP contribution in [0.2, 0.25) is 0 Å². The molecule has 190 valence electrons. The maximum atomic E-state index is 13.8. The Kier molecular flexibility index (Phi) is 7.99. The zero-order valence-electron chi connectivity index (χ0n) is 20.5. The minimum atomic E-state index is -2.74. The van der Waals surface area contributed by atoms with E-state index >= 15 is 0 Å². The third-order valence-electron chi connectivity index (χ3n) is 6.18. The number of aliphatic hydroxyl groups is 1. The van der Waals surface area contributed by atoms with E-state index in [0.717, 1.165) is 17.5 Å². The molecule has 3 N–H and O–H groups in total. The highest BCUT2D eigenvalue weighted by molar-refractivity contribution is 5.77. The Morgan fingerprint density at radius 2 is 2.15 bits per heavy atom. The minimum Gasteiger partial charge on any atom is -0.470 e. The van der Waals surface area contributed by atoms with Crippen LogP contribution < -0.4 is 15.4 Å². The average Bonchev–Trinajstić information content (AvgIpc) is 2.69. The molecule has 1 fully saturated rings. The van der Waals surface area contributed by atoms with Gasteiger partial charge in [-0.05, 0) is 29.9 Å². The Morgan fingerprint density at radius 1 is 1.44 bits per heavy atom. The van der Waals surface area contributed by atoms with Crippen molar-refractivity contribution in [2.45, 2.75) is 82.6 Å². The molecule has 2 heterocycles. The van der Waals surface area contributed by atoms with Crippen molar-refractivity contribution < 1.29 is 28.2 Å². The van der Waals surface area contributed by atoms with Crippen LogP contribution in [0.15, 0.2) is 24.9 Å². The van der Waals surface area contributed by atoms with E-state index in [1.807, 2.05) is 6.07 Å². The van der Waals surface area contributed by atoms with Crippen LogP contribution in [0, 0.1) is 5.41 Å². The van der Waals surface area contributed by atoms with Crippen molar-refractivity contribution in [1.82, 2.24) is 15.6 Å². The molecule has 0 radical (unpaired) electrons. The highest BCUT2D eigenvalue weighted by Crippen LogP contribution is 2.55. The summed E-state index contributed by atoms with van der Waals surface area (Å²) >= 11 is 0. The monoisotopic (exact) mass is 481 g/mol. The third kappa shape index (κ3) is 6.73. The summed E-state index contributed by atoms with van der Waals surface area (Å²) in [6.07, 6.45) is 3.28. The largest absolute Gasteiger partial charge is 0.470 e. The van der Waals surface area contributed by atoms with Crippen LogP contribution in [0.3, 0.4) is 0 Å². The molecule has 1 amide bonds. The first-order valence-electron chi connectivity index (χ1n) is 11.7. The van der Waals surface area contributed by atoms with Gasteiger partial charge in [-0.15, -0.1) is 6.58 Å². The molecule has 1 saturated carbocycles. The fourth-order valence-electron chi connectivity index (χ4n) is 4.85. The summed E-state index contributed by atoms with van der Waals surface area (Å²) in [6, 6.07) is 1.14. The maximum absolute atomic E-state index is 13.8. The Hall–Kier alpha value is -2.10. The number of amides is 1. The van der Waals surface area contributed by atoms with Crippen molar-refractivity contribution >= 4 is 5.91 Å². The molecule has 0 bridgehead atoms. The molecule has 1 aliphatic heterocycles. The summed E-state index contributed by atoms with van der Waals surface area (Å²) in [7, 11) is 1.42. The van der Waals surface area contributed by atoms with Crippen molar-refractivity contribution in [3.8, 4) is 5.88 Å². The van der Waals surface area contributed by atoms with Gasteiger partial charge in [0.2, 0.25) is 11.8 Å². The number of aliphatic hydroxyl groups excluding tert-OH is 1. The zero-order chi connectivity index (χ0) is 25.1. The number of pyridine rings is 1. The summed E-state index contributed by atoms with van der Waals surface area (Å²) in [5.41, 5.74) is 0.928. The molecular formula is C25H37F2N3O4. The highest BCUT2D eigenvalue weighted by Gasteiger charge is 2.61. The molecule has 34 heavy (non-hydrogen) atoms. The number of nitrogens with one attached hydrogen (secondary N) is 2. The second-order valence-corrected chi connectivity index (χ2v) is 10.8. The van der Waals surface area contributed by atoms with E-state index in [0.29, 0.717) is 18.7 Å². The number of halogens is 2. The normalized spacial score (nSPS) is 22.1. The third-order valence-corrected chi connectivity index (χ3v) is 6.18. The van der Waals surface area contributed by atoms with Gasteiger partial charge in [0.25, 0.3) is 5.92 Å². The Balaban J connectivity index is 1.77. The van der Waals surface area contributed by atoms with E-state index in [9.17, 15) is 18.7 Å². The maximum Gasteiger partial charge on any atom is 0.255 e. The predicted octanol–water partition coefficient (Wildman–Crippen LogP) is 3.32. The van der Waals surface area contributed by atoms with Crippen LogP contribution in [0.1, 0.15) is 63.6 Å². The molecule has 9 heteroatoms. The molecule has 7 nitrogen and oxygen atoms in total. The van der Waals surface area contributed by atoms with Gasteiger partial charge in [-0.2, -0.15) is 0 Å². The Labute approximate surface area is 200 Å². The van der Waals surface area contributed by atoms with Crippen molar-refractivity contribution in [2.75, 3.05) is 20.3 Å². The van der Waals surface area contributed by atoms with Gasteiger partial charge in [0.05, 0.1) is 25.0 Å². The van der Waals surface area contributed by atoms with Gasteiger partial charge in [-0.3, -0.25) is 4.79 Å². The number of alkyl halides is 2. The number of aromatic nitrogens is 1. The van der Waals surface area contributed by atoms with Gasteiger partial charge < -0.3 is 25.2 Å². The molecule has 3 atom stereocenters. The second-order valence-electron chi connectivity index (χ2n) is 10.8. The molecule has 2 aliphatic rings. The van der Waals surface area contributed by atoms with Gasteiger partial charge in [0, 0.05) is 37.9 Å². The van der Waals surface area contributed by atoms with E-state index in [4.69, 9.17) is 9.47 Å². The van der Waals surface area contributed by atoms with Crippen LogP contribution in [-0.4, -0.2) is 59.9 Å². The van der Waals surface area contributed by atoms with E-state index in [-0.39, 0.29) is 43.4 Å². The first kappa shape index (κ1) is 26.5. The molecular weight excluding hydrogens is 444 g/mol. The minimum absolute atomic E-state index is 0.0557. The second kappa shape index (κ2) is 10.3. The predicted molar refractivity (Wildman–Crippen MR) is 125 cm³/mol. The number of hydrogen-bond acceptors (Lipinski definition) is 6. The Morgan fingerprint density at radius 3 is 2.74 bits per heavy atom. The average molecular weight is 482 g/mol. The molecule has 1 aromatic heterocycles. The lowest BCUT2D eigenvalue weighted by Gasteiger charge is -2.51. The standard InChI is InChI=1S/C25H37F2N3O4/c1-6-7-18(30-21(32)13-33-5)20(31)12-28-19-10-24(14-25(26,27)15-24)34-22-17(19)8-16(11-29-22)9-23(2,3)4/h6,8,11,18-20,28,31H,1,7,9-10,12-15H2,2-5H3,(H,30,32)/t18-,19?,20+/m0/s1. The number of fused-ring (bicyclic) bond motifs is 1. The highest BCUT2D eigenvalue weighted by atomic mass is 19.3. The van der Waals surface area contributed by atoms with E-state index in [2.05, 4.69) is 43.0 Å². The molecule has 0 saturated heterocycles. The topological polar surface area (TPSA) is 92.7 Å². The molecule has 0 aromatic carbocycles. The van der Waals surface area contributed by atoms with Crippen LogP contribution >= 0.6 is 0 Å². The van der Waals surface area contributed by atoms with Gasteiger partial charge >= 0.3 is 0 Å². The number of methoxy groups -OCH3 is 1. The molecule has 1 aliphatic carbocycles. The first-order chi connectivity index (χ1) is 15.9. The molecule has 3 rings (SSSR count). The number of carbonyl (C=O) groups is 1. The molecule has 1 unspecified atom stereocenters. The Bertz CT molecular complexity index is 879. The summed E-state index contributed by atoms with van der Waals surface area (Å²) in [5.74, 6) is -2.71. The molecule has 1 aromatic rings. The summed E-state index contributed by atoms with van der Waals surface area (Å²) < 4.78 is 38.4. The number of rotatable bonds is 10. The van der Waals surface area contributed by atoms with E-state index in [1.54, 1.807) is 12.3 Å². The van der Waals surface area contributed by atoms with Crippen LogP contribution in [-0.2, 0) is 16.0 Å². The van der Waals surface area contributed by atoms with Crippen molar-refractivity contribution in [1.29, 1.82) is 0 Å². The number of hydrogen-bond donors (Lipinski definition) is 3.